The average molecular weight is 224 g/mol. The number of thiazole rings is 1. The van der Waals surface area contributed by atoms with Crippen LogP contribution in [0.25, 0.3) is 0 Å². The molecule has 0 radical (unpaired) electrons. The van der Waals surface area contributed by atoms with Crippen molar-refractivity contribution in [2.45, 2.75) is 45.1 Å². The van der Waals surface area contributed by atoms with E-state index in [1.807, 2.05) is 11.6 Å². The molecule has 3 heteroatoms. The second kappa shape index (κ2) is 4.22. The molecule has 3 unspecified atom stereocenters. The fourth-order valence-corrected chi connectivity index (χ4v) is 3.35. The molecule has 1 aliphatic carbocycles. The van der Waals surface area contributed by atoms with Gasteiger partial charge in [-0.3, -0.25) is 0 Å². The van der Waals surface area contributed by atoms with Crippen molar-refractivity contribution < 1.29 is 0 Å². The van der Waals surface area contributed by atoms with Gasteiger partial charge in [-0.1, -0.05) is 13.8 Å². The maximum atomic E-state index is 6.52. The van der Waals surface area contributed by atoms with Gasteiger partial charge in [0, 0.05) is 23.5 Å². The zero-order chi connectivity index (χ0) is 10.9. The predicted molar refractivity (Wildman–Crippen MR) is 64.9 cm³/mol. The van der Waals surface area contributed by atoms with E-state index in [1.54, 1.807) is 11.3 Å². The van der Waals surface area contributed by atoms with Gasteiger partial charge < -0.3 is 5.73 Å². The largest absolute Gasteiger partial charge is 0.324 e. The molecule has 0 aliphatic heterocycles. The Morgan fingerprint density at radius 2 is 2.40 bits per heavy atom. The molecule has 15 heavy (non-hydrogen) atoms. The van der Waals surface area contributed by atoms with Crippen LogP contribution in [0.15, 0.2) is 11.6 Å². The highest BCUT2D eigenvalue weighted by molar-refractivity contribution is 7.09. The van der Waals surface area contributed by atoms with Crippen molar-refractivity contribution in [2.75, 3.05) is 0 Å². The first kappa shape index (κ1) is 11.1. The SMILES string of the molecule is CC1CCC(N)(Cc2nccs2)C(C)C1. The lowest BCUT2D eigenvalue weighted by Gasteiger charge is -2.41. The van der Waals surface area contributed by atoms with Crippen LogP contribution in [0.5, 0.6) is 0 Å². The third-order valence-electron chi connectivity index (χ3n) is 3.80. The summed E-state index contributed by atoms with van der Waals surface area (Å²) in [6.07, 6.45) is 6.51. The van der Waals surface area contributed by atoms with Gasteiger partial charge >= 0.3 is 0 Å². The standard InChI is InChI=1S/C12H20N2S/c1-9-3-4-12(13,10(2)7-9)8-11-14-5-6-15-11/h5-6,9-10H,3-4,7-8,13H2,1-2H3. The van der Waals surface area contributed by atoms with Crippen molar-refractivity contribution in [3.05, 3.63) is 16.6 Å². The van der Waals surface area contributed by atoms with E-state index in [9.17, 15) is 0 Å². The summed E-state index contributed by atoms with van der Waals surface area (Å²) in [6.45, 7) is 4.63. The molecule has 0 saturated heterocycles. The van der Waals surface area contributed by atoms with Gasteiger partial charge in [0.15, 0.2) is 0 Å². The van der Waals surface area contributed by atoms with E-state index in [1.165, 1.54) is 17.8 Å². The summed E-state index contributed by atoms with van der Waals surface area (Å²) in [4.78, 5) is 4.35. The molecule has 1 aliphatic rings. The molecule has 0 aromatic carbocycles. The van der Waals surface area contributed by atoms with Crippen LogP contribution < -0.4 is 5.73 Å². The fourth-order valence-electron chi connectivity index (χ4n) is 2.60. The predicted octanol–water partition coefficient (Wildman–Crippen LogP) is 2.84. The Kier molecular flexibility index (Phi) is 3.12. The van der Waals surface area contributed by atoms with Crippen LogP contribution in [-0.4, -0.2) is 10.5 Å². The minimum atomic E-state index is -0.00956. The number of nitrogens with two attached hydrogens (primary N) is 1. The molecule has 0 bridgehead atoms. The summed E-state index contributed by atoms with van der Waals surface area (Å²) in [5.74, 6) is 1.46. The van der Waals surface area contributed by atoms with Gasteiger partial charge in [0.1, 0.15) is 0 Å². The first-order valence-electron chi connectivity index (χ1n) is 5.77. The fraction of sp³-hybridized carbons (Fsp3) is 0.750. The van der Waals surface area contributed by atoms with Crippen LogP contribution in [0, 0.1) is 11.8 Å². The van der Waals surface area contributed by atoms with Gasteiger partial charge in [-0.2, -0.15) is 0 Å². The van der Waals surface area contributed by atoms with Gasteiger partial charge in [-0.15, -0.1) is 11.3 Å². The van der Waals surface area contributed by atoms with Crippen molar-refractivity contribution in [2.24, 2.45) is 17.6 Å². The van der Waals surface area contributed by atoms with Crippen molar-refractivity contribution in [3.8, 4) is 0 Å². The van der Waals surface area contributed by atoms with Crippen molar-refractivity contribution in [1.82, 2.24) is 4.98 Å². The van der Waals surface area contributed by atoms with Gasteiger partial charge in [-0.05, 0) is 31.1 Å². The van der Waals surface area contributed by atoms with Crippen LogP contribution in [0.3, 0.4) is 0 Å². The molecule has 0 amide bonds. The summed E-state index contributed by atoms with van der Waals surface area (Å²) >= 11 is 1.73. The Bertz CT molecular complexity index is 309. The van der Waals surface area contributed by atoms with Crippen molar-refractivity contribution >= 4 is 11.3 Å². The van der Waals surface area contributed by atoms with Crippen LogP contribution >= 0.6 is 11.3 Å². The molecule has 1 aromatic rings. The summed E-state index contributed by atoms with van der Waals surface area (Å²) in [5.41, 5.74) is 6.51. The van der Waals surface area contributed by atoms with Crippen LogP contribution in [-0.2, 0) is 6.42 Å². The minimum absolute atomic E-state index is 0.00956. The quantitative estimate of drug-likeness (QED) is 0.839. The number of aromatic nitrogens is 1. The number of hydrogen-bond donors (Lipinski definition) is 1. The molecule has 2 N–H and O–H groups in total. The lowest BCUT2D eigenvalue weighted by Crippen LogP contribution is -2.51. The minimum Gasteiger partial charge on any atom is -0.324 e. The van der Waals surface area contributed by atoms with Crippen molar-refractivity contribution in [1.29, 1.82) is 0 Å². The first-order valence-corrected chi connectivity index (χ1v) is 6.65. The monoisotopic (exact) mass is 224 g/mol. The highest BCUT2D eigenvalue weighted by Crippen LogP contribution is 2.37. The Balaban J connectivity index is 2.06. The molecule has 2 rings (SSSR count). The summed E-state index contributed by atoms with van der Waals surface area (Å²) in [7, 11) is 0. The molecule has 0 spiro atoms. The molecule has 2 nitrogen and oxygen atoms in total. The lowest BCUT2D eigenvalue weighted by atomic mass is 9.69. The van der Waals surface area contributed by atoms with E-state index >= 15 is 0 Å². The highest BCUT2D eigenvalue weighted by Gasteiger charge is 2.37. The molecule has 1 heterocycles. The van der Waals surface area contributed by atoms with Gasteiger partial charge in [0.05, 0.1) is 5.01 Å². The molecular weight excluding hydrogens is 204 g/mol. The number of hydrogen-bond acceptors (Lipinski definition) is 3. The van der Waals surface area contributed by atoms with E-state index in [0.29, 0.717) is 5.92 Å². The van der Waals surface area contributed by atoms with Crippen LogP contribution in [0.1, 0.15) is 38.1 Å². The van der Waals surface area contributed by atoms with Crippen molar-refractivity contribution in [3.63, 3.8) is 0 Å². The third kappa shape index (κ3) is 2.40. The third-order valence-corrected chi connectivity index (χ3v) is 4.58. The Morgan fingerprint density at radius 3 is 3.00 bits per heavy atom. The Hall–Kier alpha value is -0.410. The lowest BCUT2D eigenvalue weighted by molar-refractivity contribution is 0.163. The number of rotatable bonds is 2. The van der Waals surface area contributed by atoms with E-state index in [2.05, 4.69) is 18.8 Å². The van der Waals surface area contributed by atoms with Crippen LogP contribution in [0.4, 0.5) is 0 Å². The summed E-state index contributed by atoms with van der Waals surface area (Å²) < 4.78 is 0. The zero-order valence-corrected chi connectivity index (χ0v) is 10.4. The smallest absolute Gasteiger partial charge is 0.0943 e. The molecule has 1 fully saturated rings. The maximum Gasteiger partial charge on any atom is 0.0943 e. The molecule has 3 atom stereocenters. The van der Waals surface area contributed by atoms with E-state index in [-0.39, 0.29) is 5.54 Å². The van der Waals surface area contributed by atoms with Gasteiger partial charge in [-0.25, -0.2) is 4.98 Å². The molecule has 84 valence electrons. The Morgan fingerprint density at radius 1 is 1.60 bits per heavy atom. The topological polar surface area (TPSA) is 38.9 Å². The number of nitrogens with zero attached hydrogens (tertiary/aromatic N) is 1. The second-order valence-corrected chi connectivity index (χ2v) is 6.10. The zero-order valence-electron chi connectivity index (χ0n) is 9.57. The maximum absolute atomic E-state index is 6.52. The van der Waals surface area contributed by atoms with E-state index in [0.717, 1.165) is 18.8 Å². The molecular formula is C12H20N2S. The van der Waals surface area contributed by atoms with E-state index in [4.69, 9.17) is 5.73 Å². The van der Waals surface area contributed by atoms with Gasteiger partial charge in [0.25, 0.3) is 0 Å². The molecule has 1 aromatic heterocycles. The normalized spacial score (nSPS) is 36.7. The van der Waals surface area contributed by atoms with E-state index < -0.39 is 0 Å². The van der Waals surface area contributed by atoms with Gasteiger partial charge in [0.2, 0.25) is 0 Å². The average Bonchev–Trinajstić information content (AvgIpc) is 2.65. The summed E-state index contributed by atoms with van der Waals surface area (Å²) in [5, 5.41) is 3.23. The Labute approximate surface area is 95.9 Å². The summed E-state index contributed by atoms with van der Waals surface area (Å²) in [6, 6.07) is 0. The molecule has 1 saturated carbocycles. The highest BCUT2D eigenvalue weighted by atomic mass is 32.1. The first-order chi connectivity index (χ1) is 7.10. The van der Waals surface area contributed by atoms with Crippen LogP contribution in [0.2, 0.25) is 0 Å². The second-order valence-electron chi connectivity index (χ2n) is 5.12.